The molecule has 1 N–H and O–H groups in total. The lowest BCUT2D eigenvalue weighted by molar-refractivity contribution is 0.0470. The van der Waals surface area contributed by atoms with Gasteiger partial charge in [-0.1, -0.05) is 30.3 Å². The number of nitrogens with one attached hydrogen (secondary N) is 1. The minimum Gasteiger partial charge on any atom is -0.493 e. The van der Waals surface area contributed by atoms with Crippen molar-refractivity contribution in [1.82, 2.24) is 0 Å². The topological polar surface area (TPSA) is 90.9 Å². The summed E-state index contributed by atoms with van der Waals surface area (Å²) in [6, 6.07) is 16.0. The fraction of sp³-hybridized carbons (Fsp3) is 0.136. The number of hydrogen-bond acceptors (Lipinski definition) is 6. The Labute approximate surface area is 179 Å². The van der Waals surface area contributed by atoms with Crippen molar-refractivity contribution in [3.05, 3.63) is 83.7 Å². The number of sulfonamides is 1. The number of methoxy groups -OCH3 is 2. The van der Waals surface area contributed by atoms with Crippen molar-refractivity contribution < 1.29 is 31.8 Å². The number of carbonyl (C=O) groups is 1. The average molecular weight is 445 g/mol. The lowest BCUT2D eigenvalue weighted by Crippen LogP contribution is -2.16. The lowest BCUT2D eigenvalue weighted by Gasteiger charge is -2.14. The maximum absolute atomic E-state index is 13.7. The van der Waals surface area contributed by atoms with Gasteiger partial charge in [-0.2, -0.15) is 0 Å². The number of rotatable bonds is 8. The highest BCUT2D eigenvalue weighted by atomic mass is 32.2. The summed E-state index contributed by atoms with van der Waals surface area (Å²) in [7, 11) is -1.22. The van der Waals surface area contributed by atoms with E-state index in [9.17, 15) is 17.6 Å². The first kappa shape index (κ1) is 22.1. The summed E-state index contributed by atoms with van der Waals surface area (Å²) in [5, 5.41) is 0. The maximum Gasteiger partial charge on any atom is 0.340 e. The summed E-state index contributed by atoms with van der Waals surface area (Å²) in [4.78, 5) is 12.5. The number of carbonyl (C=O) groups excluding carboxylic acids is 1. The van der Waals surface area contributed by atoms with E-state index in [1.165, 1.54) is 62.8 Å². The van der Waals surface area contributed by atoms with Crippen molar-refractivity contribution in [2.45, 2.75) is 11.5 Å². The molecule has 0 bridgehead atoms. The zero-order chi connectivity index (χ0) is 22.4. The van der Waals surface area contributed by atoms with Crippen LogP contribution in [0.3, 0.4) is 0 Å². The highest BCUT2D eigenvalue weighted by Gasteiger charge is 2.21. The van der Waals surface area contributed by atoms with Gasteiger partial charge in [0.1, 0.15) is 12.4 Å². The largest absolute Gasteiger partial charge is 0.493 e. The van der Waals surface area contributed by atoms with Crippen LogP contribution in [0, 0.1) is 5.82 Å². The van der Waals surface area contributed by atoms with Gasteiger partial charge >= 0.3 is 5.97 Å². The Morgan fingerprint density at radius 2 is 1.61 bits per heavy atom. The third kappa shape index (κ3) is 5.13. The summed E-state index contributed by atoms with van der Waals surface area (Å²) < 4.78 is 57.3. The Hall–Kier alpha value is -3.59. The van der Waals surface area contributed by atoms with Crippen molar-refractivity contribution >= 4 is 21.7 Å². The molecular formula is C22H20FNO6S. The number of anilines is 1. The number of halogens is 1. The van der Waals surface area contributed by atoms with E-state index in [0.29, 0.717) is 5.75 Å². The SMILES string of the molecule is COc1ccc(S(=O)(=O)Nc2ccccc2C(=O)OCc2ccccc2F)cc1OC. The molecule has 3 aromatic carbocycles. The van der Waals surface area contributed by atoms with Crippen LogP contribution in [-0.2, 0) is 21.4 Å². The van der Waals surface area contributed by atoms with Crippen LogP contribution in [0.5, 0.6) is 11.5 Å². The molecule has 3 aromatic rings. The Bertz CT molecular complexity index is 1200. The van der Waals surface area contributed by atoms with Gasteiger partial charge in [0, 0.05) is 11.6 Å². The number of hydrogen-bond donors (Lipinski definition) is 1. The van der Waals surface area contributed by atoms with Gasteiger partial charge < -0.3 is 14.2 Å². The van der Waals surface area contributed by atoms with Gasteiger partial charge in [-0.05, 0) is 30.3 Å². The molecule has 0 aliphatic carbocycles. The monoisotopic (exact) mass is 445 g/mol. The van der Waals surface area contributed by atoms with E-state index in [4.69, 9.17) is 14.2 Å². The molecule has 0 fully saturated rings. The molecule has 31 heavy (non-hydrogen) atoms. The molecule has 0 aromatic heterocycles. The van der Waals surface area contributed by atoms with Crippen molar-refractivity contribution in [3.8, 4) is 11.5 Å². The molecule has 9 heteroatoms. The Balaban J connectivity index is 1.83. The predicted molar refractivity (Wildman–Crippen MR) is 112 cm³/mol. The van der Waals surface area contributed by atoms with Crippen LogP contribution in [0.4, 0.5) is 10.1 Å². The van der Waals surface area contributed by atoms with Gasteiger partial charge in [0.05, 0.1) is 30.4 Å². The highest BCUT2D eigenvalue weighted by molar-refractivity contribution is 7.92. The van der Waals surface area contributed by atoms with Crippen molar-refractivity contribution in [2.24, 2.45) is 0 Å². The fourth-order valence-corrected chi connectivity index (χ4v) is 3.87. The van der Waals surface area contributed by atoms with Crippen molar-refractivity contribution in [3.63, 3.8) is 0 Å². The van der Waals surface area contributed by atoms with E-state index in [2.05, 4.69) is 4.72 Å². The number of esters is 1. The van der Waals surface area contributed by atoms with E-state index >= 15 is 0 Å². The van der Waals surface area contributed by atoms with Crippen molar-refractivity contribution in [2.75, 3.05) is 18.9 Å². The average Bonchev–Trinajstić information content (AvgIpc) is 2.78. The van der Waals surface area contributed by atoms with E-state index in [1.807, 2.05) is 0 Å². The first-order valence-corrected chi connectivity index (χ1v) is 10.6. The molecular weight excluding hydrogens is 425 g/mol. The maximum atomic E-state index is 13.7. The molecule has 0 saturated heterocycles. The van der Waals surface area contributed by atoms with Crippen molar-refractivity contribution in [1.29, 1.82) is 0 Å². The molecule has 0 radical (unpaired) electrons. The standard InChI is InChI=1S/C22H20FNO6S/c1-28-20-12-11-16(13-21(20)29-2)31(26,27)24-19-10-6-4-8-17(19)22(25)30-14-15-7-3-5-9-18(15)23/h3-13,24H,14H2,1-2H3. The van der Waals surface area contributed by atoms with Crippen LogP contribution in [0.2, 0.25) is 0 Å². The van der Waals surface area contributed by atoms with E-state index < -0.39 is 21.8 Å². The third-order valence-corrected chi connectivity index (χ3v) is 5.74. The Morgan fingerprint density at radius 3 is 2.32 bits per heavy atom. The summed E-state index contributed by atoms with van der Waals surface area (Å²) in [6.45, 7) is -0.289. The number of para-hydroxylation sites is 1. The smallest absolute Gasteiger partial charge is 0.340 e. The van der Waals surface area contributed by atoms with Gasteiger partial charge in [-0.25, -0.2) is 17.6 Å². The molecule has 0 atom stereocenters. The molecule has 0 amide bonds. The first-order valence-electron chi connectivity index (χ1n) is 9.10. The van der Waals surface area contributed by atoms with Crippen LogP contribution < -0.4 is 14.2 Å². The Kier molecular flexibility index (Phi) is 6.76. The zero-order valence-corrected chi connectivity index (χ0v) is 17.6. The first-order chi connectivity index (χ1) is 14.9. The quantitative estimate of drug-likeness (QED) is 0.527. The van der Waals surface area contributed by atoms with Gasteiger partial charge in [0.15, 0.2) is 11.5 Å². The van der Waals surface area contributed by atoms with Gasteiger partial charge in [-0.3, -0.25) is 4.72 Å². The molecule has 3 rings (SSSR count). The molecule has 0 aliphatic heterocycles. The molecule has 0 saturated carbocycles. The molecule has 7 nitrogen and oxygen atoms in total. The molecule has 0 heterocycles. The molecule has 162 valence electrons. The van der Waals surface area contributed by atoms with Gasteiger partial charge in [0.25, 0.3) is 10.0 Å². The third-order valence-electron chi connectivity index (χ3n) is 4.37. The zero-order valence-electron chi connectivity index (χ0n) is 16.8. The second-order valence-corrected chi connectivity index (χ2v) is 8.02. The Morgan fingerprint density at radius 1 is 0.935 bits per heavy atom. The molecule has 0 spiro atoms. The van der Waals surface area contributed by atoms with E-state index in [1.54, 1.807) is 18.2 Å². The fourth-order valence-electron chi connectivity index (χ4n) is 2.77. The number of benzene rings is 3. The number of ether oxygens (including phenoxy) is 3. The molecule has 0 aliphatic rings. The van der Waals surface area contributed by atoms with Gasteiger partial charge in [0.2, 0.25) is 0 Å². The normalized spacial score (nSPS) is 10.9. The van der Waals surface area contributed by atoms with Crippen LogP contribution in [0.25, 0.3) is 0 Å². The van der Waals surface area contributed by atoms with Crippen LogP contribution in [0.1, 0.15) is 15.9 Å². The van der Waals surface area contributed by atoms with E-state index in [-0.39, 0.29) is 34.1 Å². The summed E-state index contributed by atoms with van der Waals surface area (Å²) >= 11 is 0. The molecule has 0 unspecified atom stereocenters. The summed E-state index contributed by atoms with van der Waals surface area (Å²) in [6.07, 6.45) is 0. The minimum atomic E-state index is -4.05. The summed E-state index contributed by atoms with van der Waals surface area (Å²) in [5.74, 6) is -0.687. The van der Waals surface area contributed by atoms with Gasteiger partial charge in [-0.15, -0.1) is 0 Å². The predicted octanol–water partition coefficient (Wildman–Crippen LogP) is 4.00. The second kappa shape index (κ2) is 9.48. The van der Waals surface area contributed by atoms with E-state index in [0.717, 1.165) is 0 Å². The lowest BCUT2D eigenvalue weighted by atomic mass is 10.2. The second-order valence-electron chi connectivity index (χ2n) is 6.34. The minimum absolute atomic E-state index is 0.0112. The van der Waals surface area contributed by atoms with Crippen LogP contribution >= 0.6 is 0 Å². The summed E-state index contributed by atoms with van der Waals surface area (Å²) in [5.41, 5.74) is 0.220. The van der Waals surface area contributed by atoms with Crippen LogP contribution in [0.15, 0.2) is 71.6 Å². The van der Waals surface area contributed by atoms with Crippen LogP contribution in [-0.4, -0.2) is 28.6 Å². The highest BCUT2D eigenvalue weighted by Crippen LogP contribution is 2.30.